The number of nitrogens with zero attached hydrogens (tertiary/aromatic N) is 1. The van der Waals surface area contributed by atoms with Crippen molar-refractivity contribution >= 4 is 12.0 Å². The van der Waals surface area contributed by atoms with Gasteiger partial charge in [0.05, 0.1) is 6.61 Å². The van der Waals surface area contributed by atoms with E-state index in [4.69, 9.17) is 19.5 Å². The molecule has 0 radical (unpaired) electrons. The van der Waals surface area contributed by atoms with Gasteiger partial charge in [0, 0.05) is 0 Å². The van der Waals surface area contributed by atoms with Gasteiger partial charge in [-0.05, 0) is 60.7 Å². The minimum absolute atomic E-state index is 0.0340. The van der Waals surface area contributed by atoms with E-state index in [2.05, 4.69) is 26.0 Å². The molecule has 0 bridgehead atoms. The van der Waals surface area contributed by atoms with E-state index in [1.165, 1.54) is 11.6 Å². The molecule has 0 aliphatic carbocycles. The van der Waals surface area contributed by atoms with Crippen LogP contribution in [0.3, 0.4) is 0 Å². The number of hydrogen-bond acceptors (Lipinski definition) is 5. The quantitative estimate of drug-likeness (QED) is 0.242. The van der Waals surface area contributed by atoms with Crippen LogP contribution in [0.25, 0.3) is 6.08 Å². The SMILES string of the molecule is CCOC(=O)/C(C#N)=C\c1ccc(OCCOc2ccc([C@H](C)CC)cc2)cc1. The molecule has 0 spiro atoms. The number of benzene rings is 2. The summed E-state index contributed by atoms with van der Waals surface area (Å²) in [5, 5.41) is 9.07. The lowest BCUT2D eigenvalue weighted by Gasteiger charge is -2.11. The molecule has 5 heteroatoms. The molecule has 152 valence electrons. The number of nitriles is 1. The monoisotopic (exact) mass is 393 g/mol. The lowest BCUT2D eigenvalue weighted by atomic mass is 9.99. The Balaban J connectivity index is 1.81. The van der Waals surface area contributed by atoms with E-state index in [0.29, 0.717) is 24.9 Å². The second-order valence-electron chi connectivity index (χ2n) is 6.53. The molecule has 0 heterocycles. The highest BCUT2D eigenvalue weighted by molar-refractivity contribution is 5.97. The van der Waals surface area contributed by atoms with Gasteiger partial charge in [0.1, 0.15) is 36.4 Å². The summed E-state index contributed by atoms with van der Waals surface area (Å²) in [4.78, 5) is 11.7. The Hall–Kier alpha value is -3.26. The standard InChI is InChI=1S/C24H27NO4/c1-4-18(3)20-8-12-23(13-9-20)29-15-14-28-22-10-6-19(7-11-22)16-21(17-25)24(26)27-5-2/h6-13,16,18H,4-5,14-15H2,1-3H3/b21-16-/t18-/m1/s1. The van der Waals surface area contributed by atoms with E-state index >= 15 is 0 Å². The van der Waals surface area contributed by atoms with Crippen molar-refractivity contribution in [1.29, 1.82) is 5.26 Å². The summed E-state index contributed by atoms with van der Waals surface area (Å²) >= 11 is 0. The first-order chi connectivity index (χ1) is 14.1. The number of carbonyl (C=O) groups is 1. The van der Waals surface area contributed by atoms with Crippen LogP contribution in [0.15, 0.2) is 54.1 Å². The highest BCUT2D eigenvalue weighted by Gasteiger charge is 2.09. The Labute approximate surface area is 172 Å². The average Bonchev–Trinajstić information content (AvgIpc) is 2.76. The van der Waals surface area contributed by atoms with Crippen LogP contribution in [0, 0.1) is 11.3 Å². The van der Waals surface area contributed by atoms with Crippen molar-refractivity contribution in [2.45, 2.75) is 33.1 Å². The van der Waals surface area contributed by atoms with Gasteiger partial charge in [0.25, 0.3) is 0 Å². The van der Waals surface area contributed by atoms with Gasteiger partial charge in [-0.3, -0.25) is 0 Å². The van der Waals surface area contributed by atoms with Gasteiger partial charge < -0.3 is 14.2 Å². The normalized spacial score (nSPS) is 12.0. The minimum Gasteiger partial charge on any atom is -0.490 e. The van der Waals surface area contributed by atoms with Gasteiger partial charge in [-0.1, -0.05) is 38.1 Å². The number of hydrogen-bond donors (Lipinski definition) is 0. The smallest absolute Gasteiger partial charge is 0.348 e. The Bertz CT molecular complexity index is 848. The van der Waals surface area contributed by atoms with E-state index in [0.717, 1.165) is 17.7 Å². The van der Waals surface area contributed by atoms with Crippen molar-refractivity contribution in [2.24, 2.45) is 0 Å². The summed E-state index contributed by atoms with van der Waals surface area (Å²) in [5.74, 6) is 1.44. The number of ether oxygens (including phenoxy) is 3. The predicted molar refractivity (Wildman–Crippen MR) is 113 cm³/mol. The Morgan fingerprint density at radius 2 is 1.55 bits per heavy atom. The molecule has 0 N–H and O–H groups in total. The van der Waals surface area contributed by atoms with E-state index in [9.17, 15) is 4.79 Å². The summed E-state index contributed by atoms with van der Waals surface area (Å²) < 4.78 is 16.2. The van der Waals surface area contributed by atoms with Crippen molar-refractivity contribution in [3.8, 4) is 17.6 Å². The molecular weight excluding hydrogens is 366 g/mol. The van der Waals surface area contributed by atoms with E-state index in [1.807, 2.05) is 18.2 Å². The lowest BCUT2D eigenvalue weighted by molar-refractivity contribution is -0.137. The third-order valence-corrected chi connectivity index (χ3v) is 4.49. The molecule has 0 aromatic heterocycles. The molecule has 0 fully saturated rings. The zero-order valence-corrected chi connectivity index (χ0v) is 17.2. The topological polar surface area (TPSA) is 68.6 Å². The molecule has 0 saturated heterocycles. The second-order valence-corrected chi connectivity index (χ2v) is 6.53. The molecule has 2 aromatic carbocycles. The van der Waals surface area contributed by atoms with E-state index < -0.39 is 5.97 Å². The first kappa shape index (κ1) is 22.0. The summed E-state index contributed by atoms with van der Waals surface area (Å²) in [7, 11) is 0. The molecule has 29 heavy (non-hydrogen) atoms. The molecule has 0 aliphatic heterocycles. The highest BCUT2D eigenvalue weighted by atomic mass is 16.5. The van der Waals surface area contributed by atoms with Crippen LogP contribution in [-0.4, -0.2) is 25.8 Å². The molecule has 2 aromatic rings. The van der Waals surface area contributed by atoms with Crippen LogP contribution in [0.1, 0.15) is 44.2 Å². The van der Waals surface area contributed by atoms with E-state index in [-0.39, 0.29) is 12.2 Å². The molecule has 0 aliphatic rings. The molecule has 0 amide bonds. The Morgan fingerprint density at radius 3 is 2.03 bits per heavy atom. The zero-order chi connectivity index (χ0) is 21.1. The maximum atomic E-state index is 11.7. The van der Waals surface area contributed by atoms with Crippen LogP contribution < -0.4 is 9.47 Å². The zero-order valence-electron chi connectivity index (χ0n) is 17.2. The largest absolute Gasteiger partial charge is 0.490 e. The molecule has 0 unspecified atom stereocenters. The summed E-state index contributed by atoms with van der Waals surface area (Å²) in [5.41, 5.74) is 2.00. The maximum absolute atomic E-state index is 11.7. The lowest BCUT2D eigenvalue weighted by Crippen LogP contribution is -2.09. The van der Waals surface area contributed by atoms with Crippen molar-refractivity contribution in [3.63, 3.8) is 0 Å². The van der Waals surface area contributed by atoms with Crippen molar-refractivity contribution in [2.75, 3.05) is 19.8 Å². The fourth-order valence-corrected chi connectivity index (χ4v) is 2.62. The summed E-state index contributed by atoms with van der Waals surface area (Å²) in [6, 6.07) is 17.2. The van der Waals surface area contributed by atoms with E-state index in [1.54, 1.807) is 31.2 Å². The van der Waals surface area contributed by atoms with Crippen LogP contribution in [0.5, 0.6) is 11.5 Å². The number of rotatable bonds is 10. The van der Waals surface area contributed by atoms with Crippen LogP contribution in [0.4, 0.5) is 0 Å². The molecule has 2 rings (SSSR count). The first-order valence-electron chi connectivity index (χ1n) is 9.81. The van der Waals surface area contributed by atoms with Gasteiger partial charge in [0.2, 0.25) is 0 Å². The first-order valence-corrected chi connectivity index (χ1v) is 9.81. The van der Waals surface area contributed by atoms with Gasteiger partial charge in [-0.2, -0.15) is 5.26 Å². The van der Waals surface area contributed by atoms with Crippen LogP contribution in [-0.2, 0) is 9.53 Å². The fourth-order valence-electron chi connectivity index (χ4n) is 2.62. The summed E-state index contributed by atoms with van der Waals surface area (Å²) in [6.07, 6.45) is 2.61. The predicted octanol–water partition coefficient (Wildman–Crippen LogP) is 5.13. The van der Waals surface area contributed by atoms with Gasteiger partial charge >= 0.3 is 5.97 Å². The van der Waals surface area contributed by atoms with Crippen LogP contribution >= 0.6 is 0 Å². The third kappa shape index (κ3) is 7.00. The molecular formula is C24H27NO4. The van der Waals surface area contributed by atoms with Crippen molar-refractivity contribution in [1.82, 2.24) is 0 Å². The third-order valence-electron chi connectivity index (χ3n) is 4.49. The minimum atomic E-state index is -0.621. The fraction of sp³-hybridized carbons (Fsp3) is 0.333. The number of esters is 1. The highest BCUT2D eigenvalue weighted by Crippen LogP contribution is 2.21. The van der Waals surface area contributed by atoms with Crippen molar-refractivity contribution < 1.29 is 19.0 Å². The molecule has 0 saturated carbocycles. The van der Waals surface area contributed by atoms with Gasteiger partial charge in [-0.15, -0.1) is 0 Å². The van der Waals surface area contributed by atoms with Crippen LogP contribution in [0.2, 0.25) is 0 Å². The molecule has 5 nitrogen and oxygen atoms in total. The molecule has 1 atom stereocenters. The van der Waals surface area contributed by atoms with Gasteiger partial charge in [0.15, 0.2) is 0 Å². The van der Waals surface area contributed by atoms with Gasteiger partial charge in [-0.25, -0.2) is 4.79 Å². The summed E-state index contributed by atoms with van der Waals surface area (Å²) in [6.45, 7) is 7.17. The second kappa shape index (κ2) is 11.6. The Morgan fingerprint density at radius 1 is 1.00 bits per heavy atom. The maximum Gasteiger partial charge on any atom is 0.348 e. The average molecular weight is 393 g/mol. The Kier molecular flexibility index (Phi) is 8.78. The number of carbonyl (C=O) groups excluding carboxylic acids is 1. The van der Waals surface area contributed by atoms with Crippen molar-refractivity contribution in [3.05, 3.63) is 65.2 Å².